The van der Waals surface area contributed by atoms with Crippen LogP contribution in [0.4, 0.5) is 5.82 Å². The lowest BCUT2D eigenvalue weighted by Gasteiger charge is -2.15. The van der Waals surface area contributed by atoms with Crippen LogP contribution in [0.2, 0.25) is 0 Å². The van der Waals surface area contributed by atoms with Crippen LogP contribution in [0.3, 0.4) is 0 Å². The lowest BCUT2D eigenvalue weighted by molar-refractivity contribution is -0.389. The number of nitrogens with zero attached hydrogens (tertiary/aromatic N) is 3. The van der Waals surface area contributed by atoms with Gasteiger partial charge >= 0.3 is 5.82 Å². The zero-order valence-corrected chi connectivity index (χ0v) is 10.8. The van der Waals surface area contributed by atoms with Gasteiger partial charge in [0.1, 0.15) is 6.20 Å². The number of carbonyl (C=O) groups excluding carboxylic acids is 1. The van der Waals surface area contributed by atoms with Gasteiger partial charge < -0.3 is 25.1 Å². The molecule has 0 bridgehead atoms. The zero-order chi connectivity index (χ0) is 14.3. The van der Waals surface area contributed by atoms with Crippen LogP contribution in [0.25, 0.3) is 0 Å². The van der Waals surface area contributed by atoms with E-state index in [9.17, 15) is 14.9 Å². The van der Waals surface area contributed by atoms with Gasteiger partial charge in [0.25, 0.3) is 0 Å². The monoisotopic (exact) mass is 270 g/mol. The molecule has 0 saturated carbocycles. The molecule has 0 aromatic carbocycles. The van der Waals surface area contributed by atoms with Gasteiger partial charge in [-0.25, -0.2) is 0 Å². The van der Waals surface area contributed by atoms with Gasteiger partial charge in [0.2, 0.25) is 12.2 Å². The van der Waals surface area contributed by atoms with Gasteiger partial charge in [-0.1, -0.05) is 6.92 Å². The average Bonchev–Trinajstić information content (AvgIpc) is 2.84. The third-order valence-corrected chi connectivity index (χ3v) is 2.74. The van der Waals surface area contributed by atoms with E-state index in [-0.39, 0.29) is 30.8 Å². The van der Waals surface area contributed by atoms with Crippen LogP contribution in [0.15, 0.2) is 12.5 Å². The van der Waals surface area contributed by atoms with E-state index in [1.807, 2.05) is 6.92 Å². The number of aryl methyl sites for hydroxylation is 1. The molecule has 0 aliphatic carbocycles. The summed E-state index contributed by atoms with van der Waals surface area (Å²) < 4.78 is 1.50. The Balaban J connectivity index is 2.38. The number of nitro groups is 1. The molecule has 1 unspecified atom stereocenters. The second-order valence-corrected chi connectivity index (χ2v) is 4.16. The smallest absolute Gasteiger partial charge is 0.381 e. The quantitative estimate of drug-likeness (QED) is 0.526. The standard InChI is InChI=1S/C11H18N4O4/c1-2-9(4-6-16)13-11(17)3-5-14-7-10(12-8-14)15(18)19/h7-9,16H,2-6H2,1H3,(H,13,17). The Labute approximate surface area is 110 Å². The minimum absolute atomic E-state index is 0.0328. The van der Waals surface area contributed by atoms with Crippen LogP contribution in [0.1, 0.15) is 26.2 Å². The summed E-state index contributed by atoms with van der Waals surface area (Å²) in [6.07, 6.45) is 4.12. The molecule has 0 fully saturated rings. The van der Waals surface area contributed by atoms with Crippen LogP contribution in [-0.2, 0) is 11.3 Å². The Morgan fingerprint density at radius 3 is 2.95 bits per heavy atom. The van der Waals surface area contributed by atoms with E-state index in [1.165, 1.54) is 17.1 Å². The van der Waals surface area contributed by atoms with E-state index < -0.39 is 4.92 Å². The fourth-order valence-electron chi connectivity index (χ4n) is 1.63. The van der Waals surface area contributed by atoms with Gasteiger partial charge in [-0.3, -0.25) is 4.79 Å². The molecule has 1 heterocycles. The number of rotatable bonds is 8. The third kappa shape index (κ3) is 5.04. The number of carbonyl (C=O) groups is 1. The van der Waals surface area contributed by atoms with Crippen molar-refractivity contribution in [3.8, 4) is 0 Å². The highest BCUT2D eigenvalue weighted by molar-refractivity contribution is 5.76. The molecule has 1 rings (SSSR count). The molecule has 0 radical (unpaired) electrons. The molecule has 8 heteroatoms. The van der Waals surface area contributed by atoms with Crippen molar-refractivity contribution in [3.05, 3.63) is 22.6 Å². The number of hydrogen-bond acceptors (Lipinski definition) is 5. The van der Waals surface area contributed by atoms with Crippen molar-refractivity contribution in [2.45, 2.75) is 38.8 Å². The second kappa shape index (κ2) is 7.47. The molecule has 0 aliphatic heterocycles. The van der Waals surface area contributed by atoms with E-state index in [4.69, 9.17) is 5.11 Å². The average molecular weight is 270 g/mol. The zero-order valence-electron chi connectivity index (χ0n) is 10.8. The summed E-state index contributed by atoms with van der Waals surface area (Å²) in [6.45, 7) is 2.30. The molecule has 1 atom stereocenters. The number of aromatic nitrogens is 2. The summed E-state index contributed by atoms with van der Waals surface area (Å²) in [7, 11) is 0. The Bertz CT molecular complexity index is 432. The summed E-state index contributed by atoms with van der Waals surface area (Å²) in [5.74, 6) is -0.372. The van der Waals surface area contributed by atoms with Crippen molar-refractivity contribution >= 4 is 11.7 Å². The largest absolute Gasteiger partial charge is 0.396 e. The summed E-state index contributed by atoms with van der Waals surface area (Å²) in [5.41, 5.74) is 0. The van der Waals surface area contributed by atoms with Crippen molar-refractivity contribution < 1.29 is 14.8 Å². The van der Waals surface area contributed by atoms with Gasteiger partial charge in [-0.15, -0.1) is 0 Å². The van der Waals surface area contributed by atoms with Crippen molar-refractivity contribution in [1.82, 2.24) is 14.9 Å². The Morgan fingerprint density at radius 1 is 1.68 bits per heavy atom. The highest BCUT2D eigenvalue weighted by atomic mass is 16.6. The van der Waals surface area contributed by atoms with Crippen LogP contribution >= 0.6 is 0 Å². The number of aliphatic hydroxyl groups excluding tert-OH is 1. The molecule has 1 amide bonds. The Kier molecular flexibility index (Phi) is 5.94. The predicted molar refractivity (Wildman–Crippen MR) is 67.4 cm³/mol. The maximum Gasteiger partial charge on any atom is 0.381 e. The maximum absolute atomic E-state index is 11.6. The molecule has 0 spiro atoms. The molecule has 19 heavy (non-hydrogen) atoms. The molecular formula is C11H18N4O4. The summed E-state index contributed by atoms with van der Waals surface area (Å²) in [4.78, 5) is 25.1. The number of nitrogens with one attached hydrogen (secondary N) is 1. The van der Waals surface area contributed by atoms with E-state index in [0.717, 1.165) is 6.42 Å². The Morgan fingerprint density at radius 2 is 2.42 bits per heavy atom. The van der Waals surface area contributed by atoms with Crippen molar-refractivity contribution in [1.29, 1.82) is 0 Å². The van der Waals surface area contributed by atoms with Crippen molar-refractivity contribution in [2.75, 3.05) is 6.61 Å². The Hall–Kier alpha value is -1.96. The molecule has 1 aromatic rings. The van der Waals surface area contributed by atoms with E-state index >= 15 is 0 Å². The van der Waals surface area contributed by atoms with Crippen molar-refractivity contribution in [3.63, 3.8) is 0 Å². The highest BCUT2D eigenvalue weighted by Crippen LogP contribution is 2.06. The van der Waals surface area contributed by atoms with Gasteiger partial charge in [0.05, 0.1) is 0 Å². The summed E-state index contributed by atoms with van der Waals surface area (Å²) in [5, 5.41) is 22.1. The molecule has 106 valence electrons. The van der Waals surface area contributed by atoms with Crippen LogP contribution in [-0.4, -0.2) is 38.1 Å². The molecule has 2 N–H and O–H groups in total. The topological polar surface area (TPSA) is 110 Å². The molecule has 0 saturated heterocycles. The minimum Gasteiger partial charge on any atom is -0.396 e. The van der Waals surface area contributed by atoms with E-state index in [0.29, 0.717) is 13.0 Å². The first-order chi connectivity index (χ1) is 9.06. The third-order valence-electron chi connectivity index (χ3n) is 2.74. The normalized spacial score (nSPS) is 12.1. The van der Waals surface area contributed by atoms with E-state index in [2.05, 4.69) is 10.3 Å². The second-order valence-electron chi connectivity index (χ2n) is 4.16. The first-order valence-electron chi connectivity index (χ1n) is 6.13. The fourth-order valence-corrected chi connectivity index (χ4v) is 1.63. The highest BCUT2D eigenvalue weighted by Gasteiger charge is 2.12. The molecule has 1 aromatic heterocycles. The van der Waals surface area contributed by atoms with Crippen LogP contribution in [0.5, 0.6) is 0 Å². The minimum atomic E-state index is -0.578. The fraction of sp³-hybridized carbons (Fsp3) is 0.636. The lowest BCUT2D eigenvalue weighted by Crippen LogP contribution is -2.35. The van der Waals surface area contributed by atoms with Crippen LogP contribution in [0, 0.1) is 10.1 Å². The maximum atomic E-state index is 11.6. The summed E-state index contributed by atoms with van der Waals surface area (Å²) in [6, 6.07) is -0.0328. The predicted octanol–water partition coefficient (Wildman–Crippen LogP) is 0.459. The number of amides is 1. The van der Waals surface area contributed by atoms with Gasteiger partial charge in [-0.05, 0) is 22.7 Å². The van der Waals surface area contributed by atoms with Crippen molar-refractivity contribution in [2.24, 2.45) is 0 Å². The first kappa shape index (κ1) is 15.1. The van der Waals surface area contributed by atoms with Gasteiger partial charge in [-0.2, -0.15) is 0 Å². The summed E-state index contributed by atoms with van der Waals surface area (Å²) >= 11 is 0. The van der Waals surface area contributed by atoms with E-state index in [1.54, 1.807) is 0 Å². The number of hydrogen-bond donors (Lipinski definition) is 2. The SMILES string of the molecule is CCC(CCO)NC(=O)CCn1cnc([N+](=O)[O-])c1. The number of imidazole rings is 1. The number of aliphatic hydroxyl groups is 1. The van der Waals surface area contributed by atoms with Crippen LogP contribution < -0.4 is 5.32 Å². The molecule has 8 nitrogen and oxygen atoms in total. The molecular weight excluding hydrogens is 252 g/mol. The molecule has 0 aliphatic rings. The van der Waals surface area contributed by atoms with Gasteiger partial charge in [0.15, 0.2) is 0 Å². The lowest BCUT2D eigenvalue weighted by atomic mass is 10.1. The first-order valence-corrected chi connectivity index (χ1v) is 6.13. The van der Waals surface area contributed by atoms with Gasteiger partial charge in [0, 0.05) is 25.6 Å².